The summed E-state index contributed by atoms with van der Waals surface area (Å²) in [6.45, 7) is 0. The van der Waals surface area contributed by atoms with E-state index in [4.69, 9.17) is 4.84 Å². The molecule has 1 aliphatic heterocycles. The number of rotatable bonds is 3. The molecule has 1 heterocycles. The summed E-state index contributed by atoms with van der Waals surface area (Å²) >= 11 is 3.25. The maximum atomic E-state index is 11.5. The van der Waals surface area contributed by atoms with Crippen molar-refractivity contribution in [2.45, 2.75) is 17.4 Å². The molecule has 0 aliphatic carbocycles. The van der Waals surface area contributed by atoms with E-state index in [1.807, 2.05) is 0 Å². The maximum absolute atomic E-state index is 11.5. The lowest BCUT2D eigenvalue weighted by molar-refractivity contribution is 0.0857. The van der Waals surface area contributed by atoms with Crippen LogP contribution < -0.4 is 4.72 Å². The van der Waals surface area contributed by atoms with E-state index >= 15 is 0 Å². The predicted octanol–water partition coefficient (Wildman–Crippen LogP) is 1.76. The van der Waals surface area contributed by atoms with Crippen molar-refractivity contribution in [1.82, 2.24) is 4.72 Å². The van der Waals surface area contributed by atoms with Gasteiger partial charge in [0.05, 0.1) is 4.90 Å². The summed E-state index contributed by atoms with van der Waals surface area (Å²) in [5, 5.41) is 3.78. The highest BCUT2D eigenvalue weighted by atomic mass is 79.9. The van der Waals surface area contributed by atoms with Crippen molar-refractivity contribution < 1.29 is 13.3 Å². The zero-order valence-electron chi connectivity index (χ0n) is 9.05. The molecule has 0 fully saturated rings. The summed E-state index contributed by atoms with van der Waals surface area (Å²) in [7, 11) is -1.99. The Morgan fingerprint density at radius 2 is 2.06 bits per heavy atom. The summed E-state index contributed by atoms with van der Waals surface area (Å²) in [5.74, 6) is 0. The van der Waals surface area contributed by atoms with Crippen molar-refractivity contribution >= 4 is 30.6 Å². The van der Waals surface area contributed by atoms with Gasteiger partial charge in [-0.05, 0) is 40.7 Å². The monoisotopic (exact) mass is 318 g/mol. The number of sulfonamides is 1. The van der Waals surface area contributed by atoms with E-state index in [0.717, 1.165) is 10.2 Å². The van der Waals surface area contributed by atoms with Crippen LogP contribution in [0.15, 0.2) is 34.3 Å². The molecule has 0 amide bonds. The summed E-state index contributed by atoms with van der Waals surface area (Å²) in [5.41, 5.74) is 0.901. The number of nitrogens with zero attached hydrogens (tertiary/aromatic N) is 1. The molecule has 92 valence electrons. The van der Waals surface area contributed by atoms with Crippen LogP contribution in [0.4, 0.5) is 0 Å². The topological polar surface area (TPSA) is 67.8 Å². The van der Waals surface area contributed by atoms with E-state index in [2.05, 4.69) is 25.8 Å². The lowest BCUT2D eigenvalue weighted by Crippen LogP contribution is -2.18. The molecule has 0 aromatic heterocycles. The first-order valence-electron chi connectivity index (χ1n) is 4.94. The van der Waals surface area contributed by atoms with Gasteiger partial charge in [0.15, 0.2) is 6.10 Å². The molecule has 0 unspecified atom stereocenters. The highest BCUT2D eigenvalue weighted by Gasteiger charge is 2.21. The second-order valence-electron chi connectivity index (χ2n) is 3.54. The smallest absolute Gasteiger partial charge is 0.240 e. The van der Waals surface area contributed by atoms with Crippen LogP contribution in [0.1, 0.15) is 18.1 Å². The fourth-order valence-corrected chi connectivity index (χ4v) is 2.61. The van der Waals surface area contributed by atoms with Crippen molar-refractivity contribution in [1.29, 1.82) is 0 Å². The minimum atomic E-state index is -3.38. The molecule has 2 rings (SSSR count). The van der Waals surface area contributed by atoms with Gasteiger partial charge in [0, 0.05) is 6.42 Å². The highest BCUT2D eigenvalue weighted by Crippen LogP contribution is 2.29. The van der Waals surface area contributed by atoms with Gasteiger partial charge in [0.2, 0.25) is 10.0 Å². The average molecular weight is 319 g/mol. The van der Waals surface area contributed by atoms with Gasteiger partial charge in [0.1, 0.15) is 4.62 Å². The van der Waals surface area contributed by atoms with Gasteiger partial charge < -0.3 is 4.84 Å². The van der Waals surface area contributed by atoms with E-state index in [9.17, 15) is 8.42 Å². The Balaban J connectivity index is 2.20. The molecule has 5 nitrogen and oxygen atoms in total. The molecule has 0 saturated carbocycles. The zero-order chi connectivity index (χ0) is 12.5. The van der Waals surface area contributed by atoms with Crippen LogP contribution in [0.25, 0.3) is 0 Å². The lowest BCUT2D eigenvalue weighted by atomic mass is 10.1. The molecular formula is C10H11BrN2O3S. The third-order valence-electron chi connectivity index (χ3n) is 2.46. The molecule has 0 radical (unpaired) electrons. The number of hydrogen-bond acceptors (Lipinski definition) is 4. The van der Waals surface area contributed by atoms with Crippen molar-refractivity contribution in [3.63, 3.8) is 0 Å². The fourth-order valence-electron chi connectivity index (χ4n) is 1.51. The Labute approximate surface area is 108 Å². The molecule has 1 aliphatic rings. The molecule has 1 atom stereocenters. The normalized spacial score (nSPS) is 19.9. The minimum Gasteiger partial charge on any atom is -0.386 e. The average Bonchev–Trinajstić information content (AvgIpc) is 2.76. The van der Waals surface area contributed by atoms with Crippen molar-refractivity contribution in [2.24, 2.45) is 5.16 Å². The molecule has 17 heavy (non-hydrogen) atoms. The Morgan fingerprint density at radius 3 is 2.53 bits per heavy atom. The van der Waals surface area contributed by atoms with E-state index in [1.165, 1.54) is 7.05 Å². The second kappa shape index (κ2) is 4.75. The van der Waals surface area contributed by atoms with E-state index in [0.29, 0.717) is 6.42 Å². The Kier molecular flexibility index (Phi) is 3.50. The molecule has 0 spiro atoms. The van der Waals surface area contributed by atoms with Gasteiger partial charge >= 0.3 is 0 Å². The molecule has 1 aromatic rings. The standard InChI is InChI=1S/C10H11BrN2O3S/c1-12-17(14,15)8-4-2-7(3-5-8)9-6-10(11)13-16-9/h2-5,9,12H,6H2,1H3/t9-/m1/s1. The van der Waals surface area contributed by atoms with Gasteiger partial charge in [-0.1, -0.05) is 17.3 Å². The maximum Gasteiger partial charge on any atom is 0.240 e. The van der Waals surface area contributed by atoms with Crippen molar-refractivity contribution in [3.8, 4) is 0 Å². The van der Waals surface area contributed by atoms with Crippen LogP contribution in [-0.4, -0.2) is 20.1 Å². The van der Waals surface area contributed by atoms with Gasteiger partial charge in [0.25, 0.3) is 0 Å². The number of oxime groups is 1. The zero-order valence-corrected chi connectivity index (χ0v) is 11.5. The van der Waals surface area contributed by atoms with E-state index in [-0.39, 0.29) is 11.0 Å². The molecule has 1 N–H and O–H groups in total. The van der Waals surface area contributed by atoms with Gasteiger partial charge in [-0.2, -0.15) is 0 Å². The van der Waals surface area contributed by atoms with Gasteiger partial charge in [-0.15, -0.1) is 0 Å². The molecule has 0 bridgehead atoms. The predicted molar refractivity (Wildman–Crippen MR) is 67.5 cm³/mol. The molecular weight excluding hydrogens is 308 g/mol. The van der Waals surface area contributed by atoms with Crippen LogP contribution in [0.5, 0.6) is 0 Å². The molecule has 1 aromatic carbocycles. The SMILES string of the molecule is CNS(=O)(=O)c1ccc([C@H]2CC(Br)=NO2)cc1. The molecule has 0 saturated heterocycles. The fraction of sp³-hybridized carbons (Fsp3) is 0.300. The summed E-state index contributed by atoms with van der Waals surface area (Å²) < 4.78 is 26.0. The van der Waals surface area contributed by atoms with Crippen LogP contribution in [-0.2, 0) is 14.9 Å². The number of nitrogens with one attached hydrogen (secondary N) is 1. The first-order chi connectivity index (χ1) is 8.03. The summed E-state index contributed by atoms with van der Waals surface area (Å²) in [6.07, 6.45) is 0.522. The number of hydrogen-bond donors (Lipinski definition) is 1. The summed E-state index contributed by atoms with van der Waals surface area (Å²) in [6, 6.07) is 6.57. The first kappa shape index (κ1) is 12.5. The summed E-state index contributed by atoms with van der Waals surface area (Å²) in [4.78, 5) is 5.42. The van der Waals surface area contributed by atoms with E-state index < -0.39 is 10.0 Å². The first-order valence-corrected chi connectivity index (χ1v) is 7.22. The van der Waals surface area contributed by atoms with Crippen LogP contribution in [0.2, 0.25) is 0 Å². The van der Waals surface area contributed by atoms with E-state index in [1.54, 1.807) is 24.3 Å². The van der Waals surface area contributed by atoms with Crippen LogP contribution in [0, 0.1) is 0 Å². The molecule has 7 heteroatoms. The van der Waals surface area contributed by atoms with Crippen molar-refractivity contribution in [2.75, 3.05) is 7.05 Å². The Hall–Kier alpha value is -0.920. The largest absolute Gasteiger partial charge is 0.386 e. The Morgan fingerprint density at radius 1 is 1.41 bits per heavy atom. The minimum absolute atomic E-state index is 0.143. The lowest BCUT2D eigenvalue weighted by Gasteiger charge is -2.09. The van der Waals surface area contributed by atoms with Gasteiger partial charge in [-0.3, -0.25) is 0 Å². The quantitative estimate of drug-likeness (QED) is 0.923. The van der Waals surface area contributed by atoms with Crippen LogP contribution in [0.3, 0.4) is 0 Å². The Bertz CT molecular complexity index is 539. The van der Waals surface area contributed by atoms with Gasteiger partial charge in [-0.25, -0.2) is 13.1 Å². The number of benzene rings is 1. The van der Waals surface area contributed by atoms with Crippen molar-refractivity contribution in [3.05, 3.63) is 29.8 Å². The highest BCUT2D eigenvalue weighted by molar-refractivity contribution is 9.18. The third-order valence-corrected chi connectivity index (χ3v) is 4.36. The second-order valence-corrected chi connectivity index (χ2v) is 6.34. The number of halogens is 1. The van der Waals surface area contributed by atoms with Crippen LogP contribution >= 0.6 is 15.9 Å². The third kappa shape index (κ3) is 2.67.